The Balaban J connectivity index is 1.44. The lowest BCUT2D eigenvalue weighted by Crippen LogP contribution is -2.06. The third kappa shape index (κ3) is 3.86. The first kappa shape index (κ1) is 12.7. The van der Waals surface area contributed by atoms with Gasteiger partial charge in [-0.2, -0.15) is 0 Å². The monoisotopic (exact) mass is 236 g/mol. The zero-order valence-electron chi connectivity index (χ0n) is 10.9. The lowest BCUT2D eigenvalue weighted by atomic mass is 9.88. The first-order chi connectivity index (χ1) is 8.25. The maximum absolute atomic E-state index is 10.6. The molecule has 2 heteroatoms. The fraction of sp³-hybridized carbons (Fsp3) is 0.800. The summed E-state index contributed by atoms with van der Waals surface area (Å²) in [5, 5.41) is 0. The lowest BCUT2D eigenvalue weighted by molar-refractivity contribution is -0.141. The Labute approximate surface area is 104 Å². The van der Waals surface area contributed by atoms with Crippen LogP contribution in [0.4, 0.5) is 0 Å². The third-order valence-corrected chi connectivity index (χ3v) is 4.19. The number of ether oxygens (including phenoxy) is 1. The molecule has 96 valence electrons. The minimum atomic E-state index is -0.154. The molecule has 2 nitrogen and oxygen atoms in total. The van der Waals surface area contributed by atoms with Crippen molar-refractivity contribution in [3.63, 3.8) is 0 Å². The third-order valence-electron chi connectivity index (χ3n) is 4.19. The molecule has 0 aliphatic heterocycles. The van der Waals surface area contributed by atoms with Gasteiger partial charge in [0.1, 0.15) is 0 Å². The SMILES string of the molecule is CC(=O)OCCCCCCC1CC2C=CC1C2. The van der Waals surface area contributed by atoms with E-state index in [1.807, 2.05) is 0 Å². The van der Waals surface area contributed by atoms with Gasteiger partial charge in [-0.1, -0.05) is 31.4 Å². The molecular formula is C15H24O2. The molecule has 0 radical (unpaired) electrons. The standard InChI is InChI=1S/C15H24O2/c1-12(16)17-9-5-3-2-4-6-14-10-13-7-8-15(14)11-13/h7-8,13-15H,2-6,9-11H2,1H3. The van der Waals surface area contributed by atoms with Crippen LogP contribution >= 0.6 is 0 Å². The van der Waals surface area contributed by atoms with E-state index in [1.54, 1.807) is 0 Å². The minimum Gasteiger partial charge on any atom is -0.466 e. The van der Waals surface area contributed by atoms with Gasteiger partial charge in [0.05, 0.1) is 6.61 Å². The molecule has 2 rings (SSSR count). The maximum atomic E-state index is 10.6. The molecule has 1 fully saturated rings. The van der Waals surface area contributed by atoms with E-state index in [1.165, 1.54) is 45.4 Å². The number of fused-ring (bicyclic) bond motifs is 2. The van der Waals surface area contributed by atoms with Crippen molar-refractivity contribution in [3.05, 3.63) is 12.2 Å². The van der Waals surface area contributed by atoms with E-state index in [2.05, 4.69) is 12.2 Å². The quantitative estimate of drug-likeness (QED) is 0.382. The summed E-state index contributed by atoms with van der Waals surface area (Å²) in [4.78, 5) is 10.6. The van der Waals surface area contributed by atoms with Gasteiger partial charge in [-0.15, -0.1) is 0 Å². The second kappa shape index (κ2) is 6.23. The second-order valence-electron chi connectivity index (χ2n) is 5.58. The Morgan fingerprint density at radius 1 is 1.18 bits per heavy atom. The van der Waals surface area contributed by atoms with Crippen LogP contribution in [-0.4, -0.2) is 12.6 Å². The van der Waals surface area contributed by atoms with Crippen LogP contribution in [0.3, 0.4) is 0 Å². The molecule has 2 aliphatic carbocycles. The maximum Gasteiger partial charge on any atom is 0.302 e. The summed E-state index contributed by atoms with van der Waals surface area (Å²) in [7, 11) is 0. The molecule has 0 aromatic rings. The van der Waals surface area contributed by atoms with E-state index in [0.717, 1.165) is 24.2 Å². The Hall–Kier alpha value is -0.790. The van der Waals surface area contributed by atoms with Crippen molar-refractivity contribution >= 4 is 5.97 Å². The predicted octanol–water partition coefficient (Wildman–Crippen LogP) is 3.71. The fourth-order valence-electron chi connectivity index (χ4n) is 3.30. The summed E-state index contributed by atoms with van der Waals surface area (Å²) in [5.41, 5.74) is 0. The Kier molecular flexibility index (Phi) is 4.64. The van der Waals surface area contributed by atoms with Crippen molar-refractivity contribution in [2.75, 3.05) is 6.61 Å². The summed E-state index contributed by atoms with van der Waals surface area (Å²) in [6, 6.07) is 0. The molecule has 2 aliphatic rings. The van der Waals surface area contributed by atoms with E-state index in [4.69, 9.17) is 4.74 Å². The molecule has 0 N–H and O–H groups in total. The van der Waals surface area contributed by atoms with E-state index in [0.29, 0.717) is 6.61 Å². The van der Waals surface area contributed by atoms with Gasteiger partial charge in [0.15, 0.2) is 0 Å². The number of allylic oxidation sites excluding steroid dienone is 2. The molecule has 17 heavy (non-hydrogen) atoms. The van der Waals surface area contributed by atoms with Crippen LogP contribution in [0.5, 0.6) is 0 Å². The van der Waals surface area contributed by atoms with Gasteiger partial charge in [0.25, 0.3) is 0 Å². The first-order valence-corrected chi connectivity index (χ1v) is 7.07. The molecule has 0 aromatic carbocycles. The van der Waals surface area contributed by atoms with E-state index in [-0.39, 0.29) is 5.97 Å². The number of hydrogen-bond acceptors (Lipinski definition) is 2. The molecule has 0 amide bonds. The van der Waals surface area contributed by atoms with Crippen molar-refractivity contribution in [1.29, 1.82) is 0 Å². The highest BCUT2D eigenvalue weighted by Gasteiger charge is 2.34. The van der Waals surface area contributed by atoms with Crippen molar-refractivity contribution in [2.24, 2.45) is 17.8 Å². The molecular weight excluding hydrogens is 212 g/mol. The lowest BCUT2D eigenvalue weighted by Gasteiger charge is -2.17. The normalized spacial score (nSPS) is 29.8. The van der Waals surface area contributed by atoms with Gasteiger partial charge >= 0.3 is 5.97 Å². The van der Waals surface area contributed by atoms with E-state index < -0.39 is 0 Å². The summed E-state index contributed by atoms with van der Waals surface area (Å²) >= 11 is 0. The number of hydrogen-bond donors (Lipinski definition) is 0. The molecule has 3 unspecified atom stereocenters. The predicted molar refractivity (Wildman–Crippen MR) is 68.6 cm³/mol. The second-order valence-corrected chi connectivity index (χ2v) is 5.58. The van der Waals surface area contributed by atoms with Gasteiger partial charge in [0, 0.05) is 6.92 Å². The molecule has 3 atom stereocenters. The average molecular weight is 236 g/mol. The van der Waals surface area contributed by atoms with Crippen LogP contribution in [0.1, 0.15) is 51.9 Å². The molecule has 0 saturated heterocycles. The van der Waals surface area contributed by atoms with Crippen LogP contribution in [0.15, 0.2) is 12.2 Å². The van der Waals surface area contributed by atoms with Crippen LogP contribution in [0.25, 0.3) is 0 Å². The summed E-state index contributed by atoms with van der Waals surface area (Å²) in [6.07, 6.45) is 14.0. The molecule has 2 bridgehead atoms. The highest BCUT2D eigenvalue weighted by Crippen LogP contribution is 2.45. The smallest absolute Gasteiger partial charge is 0.302 e. The van der Waals surface area contributed by atoms with Gasteiger partial charge in [-0.3, -0.25) is 4.79 Å². The fourth-order valence-corrected chi connectivity index (χ4v) is 3.30. The number of rotatable bonds is 7. The molecule has 1 saturated carbocycles. The van der Waals surface area contributed by atoms with Gasteiger partial charge in [-0.25, -0.2) is 0 Å². The van der Waals surface area contributed by atoms with Gasteiger partial charge < -0.3 is 4.74 Å². The van der Waals surface area contributed by atoms with Crippen LogP contribution < -0.4 is 0 Å². The van der Waals surface area contributed by atoms with E-state index >= 15 is 0 Å². The van der Waals surface area contributed by atoms with Gasteiger partial charge in [-0.05, 0) is 43.4 Å². The minimum absolute atomic E-state index is 0.154. The summed E-state index contributed by atoms with van der Waals surface area (Å²) in [5.74, 6) is 2.63. The van der Waals surface area contributed by atoms with Crippen molar-refractivity contribution in [3.8, 4) is 0 Å². The molecule has 0 heterocycles. The number of esters is 1. The zero-order chi connectivity index (χ0) is 12.1. The Bertz CT molecular complexity index is 283. The Morgan fingerprint density at radius 2 is 2.00 bits per heavy atom. The molecule has 0 aromatic heterocycles. The topological polar surface area (TPSA) is 26.3 Å². The molecule has 0 spiro atoms. The summed E-state index contributed by atoms with van der Waals surface area (Å²) < 4.78 is 4.91. The zero-order valence-corrected chi connectivity index (χ0v) is 10.9. The van der Waals surface area contributed by atoms with Crippen molar-refractivity contribution in [2.45, 2.75) is 51.9 Å². The largest absolute Gasteiger partial charge is 0.466 e. The number of carbonyl (C=O) groups is 1. The van der Waals surface area contributed by atoms with Crippen LogP contribution in [0, 0.1) is 17.8 Å². The van der Waals surface area contributed by atoms with Crippen molar-refractivity contribution in [1.82, 2.24) is 0 Å². The highest BCUT2D eigenvalue weighted by atomic mass is 16.5. The van der Waals surface area contributed by atoms with Crippen LogP contribution in [-0.2, 0) is 9.53 Å². The summed E-state index contributed by atoms with van der Waals surface area (Å²) in [6.45, 7) is 2.08. The average Bonchev–Trinajstić information content (AvgIpc) is 2.89. The highest BCUT2D eigenvalue weighted by molar-refractivity contribution is 5.65. The van der Waals surface area contributed by atoms with Crippen molar-refractivity contribution < 1.29 is 9.53 Å². The number of unbranched alkanes of at least 4 members (excludes halogenated alkanes) is 3. The van der Waals surface area contributed by atoms with Crippen LogP contribution in [0.2, 0.25) is 0 Å². The van der Waals surface area contributed by atoms with E-state index in [9.17, 15) is 4.79 Å². The number of carbonyl (C=O) groups excluding carboxylic acids is 1. The Morgan fingerprint density at radius 3 is 2.65 bits per heavy atom. The first-order valence-electron chi connectivity index (χ1n) is 7.07. The van der Waals surface area contributed by atoms with Gasteiger partial charge in [0.2, 0.25) is 0 Å².